The predicted octanol–water partition coefficient (Wildman–Crippen LogP) is 1.35. The molecule has 1 fully saturated rings. The number of hydrogen-bond acceptors (Lipinski definition) is 7. The lowest BCUT2D eigenvalue weighted by molar-refractivity contribution is -0.0423. The van der Waals surface area contributed by atoms with Crippen molar-refractivity contribution in [2.45, 2.75) is 25.6 Å². The van der Waals surface area contributed by atoms with Gasteiger partial charge in [-0.15, -0.1) is 21.5 Å². The molecule has 1 saturated heterocycles. The minimum atomic E-state index is 0.0298. The van der Waals surface area contributed by atoms with Crippen molar-refractivity contribution in [3.63, 3.8) is 0 Å². The fourth-order valence-corrected chi connectivity index (χ4v) is 2.85. The van der Waals surface area contributed by atoms with E-state index in [0.29, 0.717) is 24.9 Å². The van der Waals surface area contributed by atoms with Crippen LogP contribution in [-0.2, 0) is 11.3 Å². The molecule has 0 saturated carbocycles. The Morgan fingerprint density at radius 1 is 1.55 bits per heavy atom. The fraction of sp³-hybridized carbons (Fsp3) is 0.538. The van der Waals surface area contributed by atoms with Gasteiger partial charge in [-0.2, -0.15) is 0 Å². The monoisotopic (exact) mass is 294 g/mol. The van der Waals surface area contributed by atoms with E-state index in [1.54, 1.807) is 11.3 Å². The van der Waals surface area contributed by atoms with Gasteiger partial charge in [0.15, 0.2) is 0 Å². The largest absolute Gasteiger partial charge is 0.419 e. The Kier molecular flexibility index (Phi) is 4.11. The summed E-state index contributed by atoms with van der Waals surface area (Å²) in [6.45, 7) is 4.97. The molecule has 2 unspecified atom stereocenters. The topological polar surface area (TPSA) is 77.4 Å². The van der Waals surface area contributed by atoms with Crippen molar-refractivity contribution >= 4 is 11.3 Å². The van der Waals surface area contributed by atoms with Crippen molar-refractivity contribution in [2.24, 2.45) is 5.73 Å². The van der Waals surface area contributed by atoms with Crippen LogP contribution in [0.5, 0.6) is 0 Å². The van der Waals surface area contributed by atoms with Crippen LogP contribution >= 0.6 is 11.3 Å². The van der Waals surface area contributed by atoms with Crippen LogP contribution in [0.25, 0.3) is 10.8 Å². The maximum absolute atomic E-state index is 5.89. The number of morpholine rings is 1. The Bertz CT molecular complexity index is 540. The van der Waals surface area contributed by atoms with E-state index >= 15 is 0 Å². The highest BCUT2D eigenvalue weighted by molar-refractivity contribution is 7.13. The van der Waals surface area contributed by atoms with E-state index in [9.17, 15) is 0 Å². The van der Waals surface area contributed by atoms with Gasteiger partial charge in [0.2, 0.25) is 5.89 Å². The van der Waals surface area contributed by atoms with Gasteiger partial charge in [0.25, 0.3) is 5.89 Å². The Balaban J connectivity index is 1.63. The predicted molar refractivity (Wildman–Crippen MR) is 76.3 cm³/mol. The van der Waals surface area contributed by atoms with E-state index in [1.807, 2.05) is 24.4 Å². The van der Waals surface area contributed by atoms with Crippen molar-refractivity contribution < 1.29 is 9.15 Å². The van der Waals surface area contributed by atoms with E-state index in [0.717, 1.165) is 18.0 Å². The Morgan fingerprint density at radius 3 is 3.20 bits per heavy atom. The number of thiophene rings is 1. The lowest BCUT2D eigenvalue weighted by atomic mass is 10.1. The molecule has 3 rings (SSSR count). The van der Waals surface area contributed by atoms with Crippen LogP contribution in [0.3, 0.4) is 0 Å². The zero-order chi connectivity index (χ0) is 13.9. The van der Waals surface area contributed by atoms with Crippen molar-refractivity contribution in [3.8, 4) is 10.8 Å². The summed E-state index contributed by atoms with van der Waals surface area (Å²) >= 11 is 1.59. The molecule has 1 aliphatic rings. The van der Waals surface area contributed by atoms with Crippen molar-refractivity contribution in [1.29, 1.82) is 0 Å². The van der Waals surface area contributed by atoms with Crippen molar-refractivity contribution in [2.75, 3.05) is 19.7 Å². The van der Waals surface area contributed by atoms with E-state index in [1.165, 1.54) is 0 Å². The molecular weight excluding hydrogens is 276 g/mol. The first-order valence-corrected chi connectivity index (χ1v) is 7.56. The van der Waals surface area contributed by atoms with Crippen LogP contribution in [0.2, 0.25) is 0 Å². The SMILES string of the molecule is CC(N)C1CN(Cc2nnc(-c3cccs3)o2)CCO1. The van der Waals surface area contributed by atoms with Crippen LogP contribution in [0, 0.1) is 0 Å². The van der Waals surface area contributed by atoms with E-state index in [4.69, 9.17) is 14.9 Å². The first-order chi connectivity index (χ1) is 9.72. The lowest BCUT2D eigenvalue weighted by Crippen LogP contribution is -2.49. The second-order valence-corrected chi connectivity index (χ2v) is 5.93. The van der Waals surface area contributed by atoms with Gasteiger partial charge in [-0.1, -0.05) is 6.07 Å². The zero-order valence-corrected chi connectivity index (χ0v) is 12.2. The normalized spacial score (nSPS) is 22.0. The van der Waals surface area contributed by atoms with Gasteiger partial charge < -0.3 is 14.9 Å². The highest BCUT2D eigenvalue weighted by Crippen LogP contribution is 2.23. The summed E-state index contributed by atoms with van der Waals surface area (Å²) in [6.07, 6.45) is 0.0726. The summed E-state index contributed by atoms with van der Waals surface area (Å²) < 4.78 is 11.3. The quantitative estimate of drug-likeness (QED) is 0.917. The molecule has 108 valence electrons. The molecule has 0 radical (unpaired) electrons. The molecule has 2 aromatic rings. The minimum absolute atomic E-state index is 0.0298. The average molecular weight is 294 g/mol. The van der Waals surface area contributed by atoms with Gasteiger partial charge in [-0.05, 0) is 18.4 Å². The Hall–Kier alpha value is -1.28. The number of nitrogens with two attached hydrogens (primary N) is 1. The van der Waals surface area contributed by atoms with E-state index in [-0.39, 0.29) is 12.1 Å². The third kappa shape index (κ3) is 3.06. The summed E-state index contributed by atoms with van der Waals surface area (Å²) in [5.41, 5.74) is 5.89. The third-order valence-electron chi connectivity index (χ3n) is 3.32. The van der Waals surface area contributed by atoms with Gasteiger partial charge in [0, 0.05) is 19.1 Å². The van der Waals surface area contributed by atoms with Gasteiger partial charge in [0.05, 0.1) is 24.1 Å². The molecule has 20 heavy (non-hydrogen) atoms. The molecule has 0 aliphatic carbocycles. The van der Waals surface area contributed by atoms with Gasteiger partial charge >= 0.3 is 0 Å². The molecule has 2 aromatic heterocycles. The van der Waals surface area contributed by atoms with Crippen LogP contribution < -0.4 is 5.73 Å². The summed E-state index contributed by atoms with van der Waals surface area (Å²) in [6, 6.07) is 3.98. The van der Waals surface area contributed by atoms with Gasteiger partial charge in [-0.25, -0.2) is 0 Å². The van der Waals surface area contributed by atoms with E-state index in [2.05, 4.69) is 15.1 Å². The van der Waals surface area contributed by atoms with Crippen molar-refractivity contribution in [3.05, 3.63) is 23.4 Å². The number of rotatable bonds is 4. The first-order valence-electron chi connectivity index (χ1n) is 6.68. The third-order valence-corrected chi connectivity index (χ3v) is 4.18. The Morgan fingerprint density at radius 2 is 2.45 bits per heavy atom. The molecule has 0 bridgehead atoms. The Labute approximate surface area is 121 Å². The van der Waals surface area contributed by atoms with Crippen LogP contribution in [0.4, 0.5) is 0 Å². The molecule has 6 nitrogen and oxygen atoms in total. The second-order valence-electron chi connectivity index (χ2n) is 4.98. The molecule has 7 heteroatoms. The van der Waals surface area contributed by atoms with Crippen molar-refractivity contribution in [1.82, 2.24) is 15.1 Å². The fourth-order valence-electron chi connectivity index (χ4n) is 2.20. The van der Waals surface area contributed by atoms with Crippen LogP contribution in [-0.4, -0.2) is 46.9 Å². The maximum Gasteiger partial charge on any atom is 0.257 e. The minimum Gasteiger partial charge on any atom is -0.419 e. The molecule has 3 heterocycles. The summed E-state index contributed by atoms with van der Waals surface area (Å²) in [7, 11) is 0. The summed E-state index contributed by atoms with van der Waals surface area (Å²) in [5, 5.41) is 10.2. The molecule has 0 aromatic carbocycles. The molecular formula is C13H18N4O2S. The highest BCUT2D eigenvalue weighted by Gasteiger charge is 2.24. The molecule has 2 atom stereocenters. The number of aromatic nitrogens is 2. The first kappa shape index (κ1) is 13.7. The van der Waals surface area contributed by atoms with Crippen LogP contribution in [0.1, 0.15) is 12.8 Å². The summed E-state index contributed by atoms with van der Waals surface area (Å²) in [4.78, 5) is 3.24. The average Bonchev–Trinajstić information content (AvgIpc) is 3.09. The number of ether oxygens (including phenoxy) is 1. The lowest BCUT2D eigenvalue weighted by Gasteiger charge is -2.33. The molecule has 0 spiro atoms. The van der Waals surface area contributed by atoms with Gasteiger partial charge in [-0.3, -0.25) is 4.90 Å². The smallest absolute Gasteiger partial charge is 0.257 e. The highest BCUT2D eigenvalue weighted by atomic mass is 32.1. The summed E-state index contributed by atoms with van der Waals surface area (Å²) in [5.74, 6) is 1.23. The number of hydrogen-bond donors (Lipinski definition) is 1. The van der Waals surface area contributed by atoms with Crippen LogP contribution in [0.15, 0.2) is 21.9 Å². The molecule has 2 N–H and O–H groups in total. The second kappa shape index (κ2) is 6.01. The molecule has 1 aliphatic heterocycles. The molecule has 0 amide bonds. The number of nitrogens with zero attached hydrogens (tertiary/aromatic N) is 3. The zero-order valence-electron chi connectivity index (χ0n) is 11.4. The standard InChI is InChI=1S/C13H18N4O2S/c1-9(14)10-7-17(4-5-18-10)8-12-15-16-13(19-12)11-3-2-6-20-11/h2-3,6,9-10H,4-5,7-8,14H2,1H3. The van der Waals surface area contributed by atoms with Gasteiger partial charge in [0.1, 0.15) is 0 Å². The van der Waals surface area contributed by atoms with E-state index < -0.39 is 0 Å². The maximum atomic E-state index is 5.89.